The second-order valence-corrected chi connectivity index (χ2v) is 10.3. The molecule has 0 aromatic heterocycles. The van der Waals surface area contributed by atoms with Crippen molar-refractivity contribution in [2.24, 2.45) is 17.3 Å². The van der Waals surface area contributed by atoms with Crippen LogP contribution < -0.4 is 0 Å². The van der Waals surface area contributed by atoms with Gasteiger partial charge in [-0.05, 0) is 63.5 Å². The number of carbonyl (C=O) groups excluding carboxylic acids is 1. The average Bonchev–Trinajstić information content (AvgIpc) is 3.00. The van der Waals surface area contributed by atoms with E-state index in [9.17, 15) is 9.90 Å². The second kappa shape index (κ2) is 8.12. The van der Waals surface area contributed by atoms with E-state index >= 15 is 0 Å². The molecule has 0 spiro atoms. The van der Waals surface area contributed by atoms with Crippen LogP contribution in [-0.4, -0.2) is 41.7 Å². The van der Waals surface area contributed by atoms with Gasteiger partial charge < -0.3 is 9.84 Å². The molecule has 1 aromatic carbocycles. The molecule has 3 aliphatic rings. The monoisotopic (exact) mass is 411 g/mol. The largest absolute Gasteiger partial charge is 0.462 e. The van der Waals surface area contributed by atoms with Crippen LogP contribution in [0.2, 0.25) is 0 Å². The van der Waals surface area contributed by atoms with Gasteiger partial charge in [-0.1, -0.05) is 55.3 Å². The van der Waals surface area contributed by atoms with Crippen LogP contribution in [0.3, 0.4) is 0 Å². The highest BCUT2D eigenvalue weighted by molar-refractivity contribution is 5.76. The van der Waals surface area contributed by atoms with Crippen molar-refractivity contribution < 1.29 is 14.6 Å². The zero-order valence-corrected chi connectivity index (χ0v) is 19.0. The molecule has 0 bridgehead atoms. The zero-order chi connectivity index (χ0) is 21.5. The third-order valence-electron chi connectivity index (χ3n) is 8.01. The Labute approximate surface area is 181 Å². The number of hydrogen-bond donors (Lipinski definition) is 1. The zero-order valence-electron chi connectivity index (χ0n) is 19.0. The Morgan fingerprint density at radius 1 is 1.30 bits per heavy atom. The highest BCUT2D eigenvalue weighted by Crippen LogP contribution is 2.55. The lowest BCUT2D eigenvalue weighted by molar-refractivity contribution is -0.145. The molecule has 4 heteroatoms. The van der Waals surface area contributed by atoms with Gasteiger partial charge in [0.15, 0.2) is 0 Å². The lowest BCUT2D eigenvalue weighted by Gasteiger charge is -2.46. The van der Waals surface area contributed by atoms with Gasteiger partial charge in [0, 0.05) is 19.0 Å². The van der Waals surface area contributed by atoms with E-state index in [-0.39, 0.29) is 29.3 Å². The topological polar surface area (TPSA) is 49.8 Å². The number of ether oxygens (including phenoxy) is 1. The molecule has 1 N–H and O–H groups in total. The third kappa shape index (κ3) is 3.97. The number of hydrogen-bond acceptors (Lipinski definition) is 4. The maximum absolute atomic E-state index is 12.9. The van der Waals surface area contributed by atoms with Gasteiger partial charge in [-0.25, -0.2) is 0 Å². The summed E-state index contributed by atoms with van der Waals surface area (Å²) in [6, 6.07) is 9.81. The molecule has 1 saturated carbocycles. The summed E-state index contributed by atoms with van der Waals surface area (Å²) in [6.07, 6.45) is 5.68. The summed E-state index contributed by atoms with van der Waals surface area (Å²) in [7, 11) is 0. The molecule has 4 rings (SSSR count). The molecular formula is C26H37NO3. The number of nitrogens with zero attached hydrogens (tertiary/aromatic N) is 1. The predicted molar refractivity (Wildman–Crippen MR) is 119 cm³/mol. The average molecular weight is 412 g/mol. The number of aliphatic hydroxyl groups is 1. The van der Waals surface area contributed by atoms with Crippen LogP contribution in [0.15, 0.2) is 41.5 Å². The molecule has 1 saturated heterocycles. The standard InChI is InChI=1S/C26H37NO3/c1-5-27(17-26(4,29)19-11-7-6-8-12-19)16-21-20-14-22-18(2)10-9-13-25(22,3)15-23(20)30-24(21)28/h6-8,11-12,20-21,23,29H,5,9-10,13-17H2,1-4H3/t20-,21-,23-,25-,26-/m1/s1. The minimum Gasteiger partial charge on any atom is -0.462 e. The van der Waals surface area contributed by atoms with Crippen LogP contribution in [0.5, 0.6) is 0 Å². The Morgan fingerprint density at radius 2 is 2.03 bits per heavy atom. The van der Waals surface area contributed by atoms with Gasteiger partial charge in [0.25, 0.3) is 0 Å². The maximum atomic E-state index is 12.9. The van der Waals surface area contributed by atoms with E-state index in [0.29, 0.717) is 13.1 Å². The molecule has 5 atom stereocenters. The van der Waals surface area contributed by atoms with Gasteiger partial charge in [0.05, 0.1) is 11.5 Å². The number of fused-ring (bicyclic) bond motifs is 2. The van der Waals surface area contributed by atoms with E-state index in [2.05, 4.69) is 25.7 Å². The first kappa shape index (κ1) is 21.6. The first-order valence-electron chi connectivity index (χ1n) is 11.6. The fourth-order valence-corrected chi connectivity index (χ4v) is 6.23. The summed E-state index contributed by atoms with van der Waals surface area (Å²) in [5.74, 6) is 0.126. The first-order valence-corrected chi connectivity index (χ1v) is 11.6. The van der Waals surface area contributed by atoms with Crippen LogP contribution in [0.1, 0.15) is 65.4 Å². The summed E-state index contributed by atoms with van der Waals surface area (Å²) in [5.41, 5.74) is 3.30. The van der Waals surface area contributed by atoms with E-state index < -0.39 is 5.60 Å². The number of rotatable bonds is 6. The lowest BCUT2D eigenvalue weighted by Crippen LogP contribution is -2.44. The highest BCUT2D eigenvalue weighted by Gasteiger charge is 2.53. The molecule has 0 radical (unpaired) electrons. The van der Waals surface area contributed by atoms with Crippen molar-refractivity contribution >= 4 is 5.97 Å². The van der Waals surface area contributed by atoms with Crippen molar-refractivity contribution in [3.8, 4) is 0 Å². The van der Waals surface area contributed by atoms with Crippen LogP contribution in [0.4, 0.5) is 0 Å². The highest BCUT2D eigenvalue weighted by atomic mass is 16.6. The normalized spacial score (nSPS) is 33.1. The number of carbonyl (C=O) groups is 1. The molecule has 30 heavy (non-hydrogen) atoms. The Balaban J connectivity index is 1.50. The SMILES string of the molecule is CCN(C[C@H]1C(=O)O[C@@H]2C[C@@]3(C)CCCC(C)=C3C[C@@H]21)C[C@@](C)(O)c1ccccc1. The quantitative estimate of drug-likeness (QED) is 0.546. The van der Waals surface area contributed by atoms with Crippen molar-refractivity contribution in [1.29, 1.82) is 0 Å². The van der Waals surface area contributed by atoms with Crippen LogP contribution in [-0.2, 0) is 15.1 Å². The second-order valence-electron chi connectivity index (χ2n) is 10.3. The summed E-state index contributed by atoms with van der Waals surface area (Å²) in [6.45, 7) is 10.6. The van der Waals surface area contributed by atoms with Gasteiger partial charge in [-0.3, -0.25) is 9.69 Å². The van der Waals surface area contributed by atoms with Crippen LogP contribution in [0, 0.1) is 17.3 Å². The van der Waals surface area contributed by atoms with Gasteiger partial charge in [-0.2, -0.15) is 0 Å². The van der Waals surface area contributed by atoms with E-state index in [1.165, 1.54) is 19.3 Å². The molecule has 164 valence electrons. The minimum absolute atomic E-state index is 0.0386. The van der Waals surface area contributed by atoms with E-state index in [1.807, 2.05) is 37.3 Å². The molecule has 1 aliphatic heterocycles. The van der Waals surface area contributed by atoms with Crippen LogP contribution in [0.25, 0.3) is 0 Å². The van der Waals surface area contributed by atoms with Crippen molar-refractivity contribution in [2.75, 3.05) is 19.6 Å². The van der Waals surface area contributed by atoms with Gasteiger partial charge >= 0.3 is 5.97 Å². The van der Waals surface area contributed by atoms with Crippen LogP contribution >= 0.6 is 0 Å². The number of esters is 1. The maximum Gasteiger partial charge on any atom is 0.310 e. The Kier molecular flexibility index (Phi) is 5.84. The van der Waals surface area contributed by atoms with Gasteiger partial charge in [0.2, 0.25) is 0 Å². The number of allylic oxidation sites excluding steroid dienone is 2. The minimum atomic E-state index is -0.952. The predicted octanol–water partition coefficient (Wildman–Crippen LogP) is 4.67. The van der Waals surface area contributed by atoms with Crippen molar-refractivity contribution in [1.82, 2.24) is 4.90 Å². The smallest absolute Gasteiger partial charge is 0.310 e. The van der Waals surface area contributed by atoms with E-state index in [0.717, 1.165) is 24.9 Å². The fraction of sp³-hybridized carbons (Fsp3) is 0.654. The summed E-state index contributed by atoms with van der Waals surface area (Å²) >= 11 is 0. The van der Waals surface area contributed by atoms with Crippen molar-refractivity contribution in [3.05, 3.63) is 47.0 Å². The number of likely N-dealkylation sites (N-methyl/N-ethyl adjacent to an activating group) is 1. The Morgan fingerprint density at radius 3 is 2.73 bits per heavy atom. The molecule has 2 aliphatic carbocycles. The molecule has 0 unspecified atom stereocenters. The molecule has 2 fully saturated rings. The summed E-state index contributed by atoms with van der Waals surface area (Å²) < 4.78 is 5.94. The third-order valence-corrected chi connectivity index (χ3v) is 8.01. The van der Waals surface area contributed by atoms with E-state index in [4.69, 9.17) is 4.74 Å². The lowest BCUT2D eigenvalue weighted by atomic mass is 9.59. The molecule has 1 heterocycles. The summed E-state index contributed by atoms with van der Waals surface area (Å²) in [4.78, 5) is 15.1. The number of benzene rings is 1. The Hall–Kier alpha value is -1.65. The first-order chi connectivity index (χ1) is 14.2. The van der Waals surface area contributed by atoms with Gasteiger partial charge in [0.1, 0.15) is 6.10 Å². The molecule has 1 aromatic rings. The van der Waals surface area contributed by atoms with Crippen molar-refractivity contribution in [2.45, 2.75) is 71.5 Å². The van der Waals surface area contributed by atoms with Gasteiger partial charge in [-0.15, -0.1) is 0 Å². The molecule has 4 nitrogen and oxygen atoms in total. The summed E-state index contributed by atoms with van der Waals surface area (Å²) in [5, 5.41) is 11.1. The molecule has 0 amide bonds. The molecular weight excluding hydrogens is 374 g/mol. The van der Waals surface area contributed by atoms with Crippen molar-refractivity contribution in [3.63, 3.8) is 0 Å². The fourth-order valence-electron chi connectivity index (χ4n) is 6.23. The van der Waals surface area contributed by atoms with E-state index in [1.54, 1.807) is 11.1 Å². The Bertz CT molecular complexity index is 815.